The number of benzene rings is 2. The summed E-state index contributed by atoms with van der Waals surface area (Å²) in [5.74, 6) is 1.20. The highest BCUT2D eigenvalue weighted by Crippen LogP contribution is 2.45. The standard InChI is InChI=1S/C29H38F2/c1-3-5-6-7-21-10-13-25-19-27(29(31)28(30)26(25)18-21)24-16-14-23(15-17-24)22-11-8-20(4-2)9-12-22/h4,10,13,18-20,22-24H,2-3,5-9,11-12,14-17H2,1H3. The molecule has 2 aromatic carbocycles. The van der Waals surface area contributed by atoms with Crippen LogP contribution in [0.4, 0.5) is 8.78 Å². The van der Waals surface area contributed by atoms with Gasteiger partial charge in [0.05, 0.1) is 0 Å². The Morgan fingerprint density at radius 3 is 2.19 bits per heavy atom. The fraction of sp³-hybridized carbons (Fsp3) is 0.586. The molecule has 0 spiro atoms. The van der Waals surface area contributed by atoms with Crippen molar-refractivity contribution in [2.45, 2.75) is 89.9 Å². The lowest BCUT2D eigenvalue weighted by Gasteiger charge is -2.37. The van der Waals surface area contributed by atoms with Crippen molar-refractivity contribution in [2.24, 2.45) is 17.8 Å². The van der Waals surface area contributed by atoms with E-state index in [1.807, 2.05) is 18.2 Å². The first-order valence-electron chi connectivity index (χ1n) is 12.6. The second-order valence-electron chi connectivity index (χ2n) is 10.1. The predicted molar refractivity (Wildman–Crippen MR) is 127 cm³/mol. The number of fused-ring (bicyclic) bond motifs is 1. The highest BCUT2D eigenvalue weighted by Gasteiger charge is 2.32. The van der Waals surface area contributed by atoms with Gasteiger partial charge in [0.1, 0.15) is 0 Å². The van der Waals surface area contributed by atoms with Crippen LogP contribution in [0.2, 0.25) is 0 Å². The summed E-state index contributed by atoms with van der Waals surface area (Å²) < 4.78 is 30.1. The molecule has 2 aromatic rings. The van der Waals surface area contributed by atoms with Gasteiger partial charge in [-0.15, -0.1) is 6.58 Å². The van der Waals surface area contributed by atoms with E-state index in [1.165, 1.54) is 32.1 Å². The molecule has 0 atom stereocenters. The fourth-order valence-electron chi connectivity index (χ4n) is 6.18. The van der Waals surface area contributed by atoms with E-state index in [4.69, 9.17) is 0 Å². The van der Waals surface area contributed by atoms with Crippen LogP contribution >= 0.6 is 0 Å². The Bertz CT molecular complexity index is 883. The van der Waals surface area contributed by atoms with Crippen molar-refractivity contribution >= 4 is 10.8 Å². The van der Waals surface area contributed by atoms with E-state index < -0.39 is 11.6 Å². The van der Waals surface area contributed by atoms with Gasteiger partial charge in [-0.1, -0.05) is 38.0 Å². The molecule has 168 valence electrons. The summed E-state index contributed by atoms with van der Waals surface area (Å²) >= 11 is 0. The molecule has 2 heteroatoms. The predicted octanol–water partition coefficient (Wildman–Crippen LogP) is 9.12. The lowest BCUT2D eigenvalue weighted by atomic mass is 9.68. The van der Waals surface area contributed by atoms with E-state index in [2.05, 4.69) is 25.6 Å². The zero-order chi connectivity index (χ0) is 21.8. The molecule has 0 bridgehead atoms. The van der Waals surface area contributed by atoms with E-state index in [0.717, 1.165) is 67.7 Å². The normalized spacial score (nSPS) is 26.8. The first-order chi connectivity index (χ1) is 15.1. The first kappa shape index (κ1) is 22.5. The smallest absolute Gasteiger partial charge is 0.166 e. The molecule has 31 heavy (non-hydrogen) atoms. The van der Waals surface area contributed by atoms with E-state index in [-0.39, 0.29) is 5.92 Å². The minimum Gasteiger partial charge on any atom is -0.203 e. The van der Waals surface area contributed by atoms with Crippen LogP contribution < -0.4 is 0 Å². The van der Waals surface area contributed by atoms with Crippen molar-refractivity contribution in [3.63, 3.8) is 0 Å². The van der Waals surface area contributed by atoms with Gasteiger partial charge in [-0.25, -0.2) is 8.78 Å². The second-order valence-corrected chi connectivity index (χ2v) is 10.1. The summed E-state index contributed by atoms with van der Waals surface area (Å²) in [6.07, 6.45) is 16.0. The molecule has 0 radical (unpaired) electrons. The van der Waals surface area contributed by atoms with E-state index in [1.54, 1.807) is 0 Å². The number of halogens is 2. The second kappa shape index (κ2) is 10.3. The summed E-state index contributed by atoms with van der Waals surface area (Å²) in [4.78, 5) is 0. The van der Waals surface area contributed by atoms with Gasteiger partial charge in [-0.3, -0.25) is 0 Å². The quantitative estimate of drug-likeness (QED) is 0.307. The van der Waals surface area contributed by atoms with Crippen molar-refractivity contribution < 1.29 is 8.78 Å². The van der Waals surface area contributed by atoms with Crippen molar-refractivity contribution in [3.8, 4) is 0 Å². The van der Waals surface area contributed by atoms with E-state index >= 15 is 8.78 Å². The van der Waals surface area contributed by atoms with E-state index in [0.29, 0.717) is 16.9 Å². The Morgan fingerprint density at radius 2 is 1.55 bits per heavy atom. The minimum absolute atomic E-state index is 0.156. The van der Waals surface area contributed by atoms with Crippen LogP contribution in [0.15, 0.2) is 36.9 Å². The molecule has 4 rings (SSSR count). The van der Waals surface area contributed by atoms with Gasteiger partial charge in [-0.05, 0) is 117 Å². The first-order valence-corrected chi connectivity index (χ1v) is 12.6. The van der Waals surface area contributed by atoms with Gasteiger partial charge in [0.15, 0.2) is 11.6 Å². The molecule has 0 amide bonds. The van der Waals surface area contributed by atoms with Gasteiger partial charge in [-0.2, -0.15) is 0 Å². The average molecular weight is 425 g/mol. The highest BCUT2D eigenvalue weighted by molar-refractivity contribution is 5.85. The monoisotopic (exact) mass is 424 g/mol. The van der Waals surface area contributed by atoms with Gasteiger partial charge in [0, 0.05) is 5.39 Å². The number of rotatable bonds is 7. The zero-order valence-electron chi connectivity index (χ0n) is 19.1. The third-order valence-corrected chi connectivity index (χ3v) is 8.21. The van der Waals surface area contributed by atoms with Crippen molar-refractivity contribution in [2.75, 3.05) is 0 Å². The number of hydrogen-bond acceptors (Lipinski definition) is 0. The molecular formula is C29H38F2. The molecule has 2 saturated carbocycles. The van der Waals surface area contributed by atoms with Crippen LogP contribution in [-0.2, 0) is 6.42 Å². The zero-order valence-corrected chi connectivity index (χ0v) is 19.1. The lowest BCUT2D eigenvalue weighted by Crippen LogP contribution is -2.25. The van der Waals surface area contributed by atoms with Crippen molar-refractivity contribution in [1.82, 2.24) is 0 Å². The molecule has 2 aliphatic rings. The molecule has 2 fully saturated rings. The largest absolute Gasteiger partial charge is 0.203 e. The summed E-state index contributed by atoms with van der Waals surface area (Å²) in [6, 6.07) is 7.88. The molecular weight excluding hydrogens is 386 g/mol. The number of unbranched alkanes of at least 4 members (excludes halogenated alkanes) is 2. The maximum atomic E-state index is 15.1. The van der Waals surface area contributed by atoms with Gasteiger partial charge in [0.2, 0.25) is 0 Å². The topological polar surface area (TPSA) is 0 Å². The summed E-state index contributed by atoms with van der Waals surface area (Å²) in [5, 5.41) is 1.29. The van der Waals surface area contributed by atoms with Gasteiger partial charge < -0.3 is 0 Å². The van der Waals surface area contributed by atoms with Gasteiger partial charge >= 0.3 is 0 Å². The Kier molecular flexibility index (Phi) is 7.46. The molecule has 0 aliphatic heterocycles. The molecule has 0 nitrogen and oxygen atoms in total. The maximum Gasteiger partial charge on any atom is 0.166 e. The summed E-state index contributed by atoms with van der Waals surface area (Å²) in [5.41, 5.74) is 1.72. The lowest BCUT2D eigenvalue weighted by molar-refractivity contribution is 0.171. The Balaban J connectivity index is 1.44. The summed E-state index contributed by atoms with van der Waals surface area (Å²) in [7, 11) is 0. The fourth-order valence-corrected chi connectivity index (χ4v) is 6.18. The SMILES string of the molecule is C=CC1CCC(C2CCC(c3cc4ccc(CCCCC)cc4c(F)c3F)CC2)CC1. The van der Waals surface area contributed by atoms with Gasteiger partial charge in [0.25, 0.3) is 0 Å². The van der Waals surface area contributed by atoms with Crippen LogP contribution in [0.3, 0.4) is 0 Å². The number of allylic oxidation sites excluding steroid dienone is 1. The van der Waals surface area contributed by atoms with Crippen molar-refractivity contribution in [3.05, 3.63) is 59.7 Å². The van der Waals surface area contributed by atoms with E-state index in [9.17, 15) is 0 Å². The van der Waals surface area contributed by atoms with Crippen LogP contribution in [0, 0.1) is 29.4 Å². The van der Waals surface area contributed by atoms with Crippen LogP contribution in [0.5, 0.6) is 0 Å². The number of aryl methyl sites for hydroxylation is 1. The van der Waals surface area contributed by atoms with Crippen LogP contribution in [0.1, 0.15) is 94.6 Å². The molecule has 0 saturated heterocycles. The highest BCUT2D eigenvalue weighted by atomic mass is 19.2. The Hall–Kier alpha value is -1.70. The molecule has 0 heterocycles. The van der Waals surface area contributed by atoms with Crippen LogP contribution in [-0.4, -0.2) is 0 Å². The molecule has 0 N–H and O–H groups in total. The van der Waals surface area contributed by atoms with Crippen molar-refractivity contribution in [1.29, 1.82) is 0 Å². The van der Waals surface area contributed by atoms with Crippen LogP contribution in [0.25, 0.3) is 10.8 Å². The number of hydrogen-bond donors (Lipinski definition) is 0. The average Bonchev–Trinajstić information content (AvgIpc) is 2.82. The third-order valence-electron chi connectivity index (χ3n) is 8.21. The summed E-state index contributed by atoms with van der Waals surface area (Å²) in [6.45, 7) is 6.14. The Morgan fingerprint density at radius 1 is 0.871 bits per heavy atom. The molecule has 0 unspecified atom stereocenters. The minimum atomic E-state index is -0.644. The molecule has 2 aliphatic carbocycles. The Labute approximate surface area is 187 Å². The maximum absolute atomic E-state index is 15.1. The third kappa shape index (κ3) is 5.04. The molecule has 0 aromatic heterocycles.